The second-order valence-electron chi connectivity index (χ2n) is 5.12. The standard InChI is InChI=1S/C15H19BrN2O/c1-10(2)18-15(13(16)9-17-18)14(19)8-12-6-4-11(3)5-7-12/h4-7,9-10,14,19H,8H2,1-3H3. The van der Waals surface area contributed by atoms with Gasteiger partial charge in [-0.1, -0.05) is 29.8 Å². The number of aliphatic hydroxyl groups is 1. The topological polar surface area (TPSA) is 38.1 Å². The van der Waals surface area contributed by atoms with Crippen molar-refractivity contribution in [2.75, 3.05) is 0 Å². The number of hydrogen-bond acceptors (Lipinski definition) is 2. The highest BCUT2D eigenvalue weighted by atomic mass is 79.9. The quantitative estimate of drug-likeness (QED) is 0.929. The molecule has 0 spiro atoms. The molecule has 19 heavy (non-hydrogen) atoms. The summed E-state index contributed by atoms with van der Waals surface area (Å²) in [7, 11) is 0. The van der Waals surface area contributed by atoms with Crippen molar-refractivity contribution < 1.29 is 5.11 Å². The fourth-order valence-corrected chi connectivity index (χ4v) is 2.66. The van der Waals surface area contributed by atoms with Crippen molar-refractivity contribution in [3.05, 3.63) is 51.8 Å². The highest BCUT2D eigenvalue weighted by molar-refractivity contribution is 9.10. The molecule has 0 saturated heterocycles. The zero-order chi connectivity index (χ0) is 14.0. The molecule has 1 N–H and O–H groups in total. The Bertz CT molecular complexity index is 546. The van der Waals surface area contributed by atoms with Gasteiger partial charge in [0.25, 0.3) is 0 Å². The molecule has 0 bridgehead atoms. The highest BCUT2D eigenvalue weighted by Gasteiger charge is 2.19. The second-order valence-corrected chi connectivity index (χ2v) is 5.98. The van der Waals surface area contributed by atoms with Crippen LogP contribution in [0.2, 0.25) is 0 Å². The predicted octanol–water partition coefficient (Wildman–Crippen LogP) is 3.81. The van der Waals surface area contributed by atoms with Crippen LogP contribution in [0.25, 0.3) is 0 Å². The first kappa shape index (κ1) is 14.3. The number of aliphatic hydroxyl groups excluding tert-OH is 1. The normalized spacial score (nSPS) is 12.9. The Morgan fingerprint density at radius 3 is 2.47 bits per heavy atom. The number of rotatable bonds is 4. The largest absolute Gasteiger partial charge is 0.386 e. The molecule has 1 aromatic heterocycles. The first-order valence-corrected chi connectivity index (χ1v) is 7.25. The van der Waals surface area contributed by atoms with Gasteiger partial charge in [0.2, 0.25) is 0 Å². The number of nitrogens with zero attached hydrogens (tertiary/aromatic N) is 2. The van der Waals surface area contributed by atoms with E-state index in [0.29, 0.717) is 6.42 Å². The summed E-state index contributed by atoms with van der Waals surface area (Å²) in [5.41, 5.74) is 3.20. The molecule has 0 aliphatic rings. The Morgan fingerprint density at radius 1 is 1.26 bits per heavy atom. The SMILES string of the molecule is Cc1ccc(CC(O)c2c(Br)cnn2C(C)C)cc1. The van der Waals surface area contributed by atoms with Crippen LogP contribution in [0.3, 0.4) is 0 Å². The molecule has 0 saturated carbocycles. The zero-order valence-corrected chi connectivity index (χ0v) is 13.1. The van der Waals surface area contributed by atoms with Crippen molar-refractivity contribution in [2.45, 2.75) is 39.3 Å². The van der Waals surface area contributed by atoms with E-state index in [1.165, 1.54) is 5.56 Å². The first-order valence-electron chi connectivity index (χ1n) is 6.45. The van der Waals surface area contributed by atoms with Gasteiger partial charge in [0.1, 0.15) is 6.10 Å². The Balaban J connectivity index is 2.22. The lowest BCUT2D eigenvalue weighted by atomic mass is 10.0. The average molecular weight is 323 g/mol. The van der Waals surface area contributed by atoms with Crippen molar-refractivity contribution in [1.29, 1.82) is 0 Å². The Hall–Kier alpha value is -1.13. The van der Waals surface area contributed by atoms with Gasteiger partial charge in [-0.15, -0.1) is 0 Å². The predicted molar refractivity (Wildman–Crippen MR) is 80.2 cm³/mol. The van der Waals surface area contributed by atoms with E-state index >= 15 is 0 Å². The number of aromatic nitrogens is 2. The van der Waals surface area contributed by atoms with Crippen LogP contribution < -0.4 is 0 Å². The molecule has 2 rings (SSSR count). The van der Waals surface area contributed by atoms with Crippen LogP contribution >= 0.6 is 15.9 Å². The van der Waals surface area contributed by atoms with Crippen LogP contribution in [0, 0.1) is 6.92 Å². The minimum absolute atomic E-state index is 0.231. The summed E-state index contributed by atoms with van der Waals surface area (Å²) in [6.45, 7) is 6.17. The fraction of sp³-hybridized carbons (Fsp3) is 0.400. The van der Waals surface area contributed by atoms with Crippen molar-refractivity contribution in [3.8, 4) is 0 Å². The van der Waals surface area contributed by atoms with Gasteiger partial charge in [0, 0.05) is 12.5 Å². The van der Waals surface area contributed by atoms with Gasteiger partial charge >= 0.3 is 0 Å². The number of halogens is 1. The third-order valence-corrected chi connectivity index (χ3v) is 3.75. The average Bonchev–Trinajstić information content (AvgIpc) is 2.74. The maximum absolute atomic E-state index is 10.5. The van der Waals surface area contributed by atoms with Gasteiger partial charge in [0.05, 0.1) is 16.4 Å². The molecule has 2 aromatic rings. The van der Waals surface area contributed by atoms with E-state index in [9.17, 15) is 5.11 Å². The number of aryl methyl sites for hydroxylation is 1. The van der Waals surface area contributed by atoms with Crippen LogP contribution in [0.4, 0.5) is 0 Å². The monoisotopic (exact) mass is 322 g/mol. The molecule has 1 atom stereocenters. The minimum atomic E-state index is -0.554. The molecular formula is C15H19BrN2O. The summed E-state index contributed by atoms with van der Waals surface area (Å²) in [5, 5.41) is 14.8. The molecule has 1 aromatic carbocycles. The Morgan fingerprint density at radius 2 is 1.89 bits per heavy atom. The molecule has 0 aliphatic heterocycles. The van der Waals surface area contributed by atoms with E-state index in [1.807, 2.05) is 4.68 Å². The molecule has 4 heteroatoms. The lowest BCUT2D eigenvalue weighted by Gasteiger charge is -2.16. The molecule has 1 heterocycles. The van der Waals surface area contributed by atoms with Crippen LogP contribution in [0.1, 0.15) is 42.8 Å². The van der Waals surface area contributed by atoms with Gasteiger partial charge in [0.15, 0.2) is 0 Å². The molecule has 1 unspecified atom stereocenters. The van der Waals surface area contributed by atoms with E-state index in [1.54, 1.807) is 6.20 Å². The van der Waals surface area contributed by atoms with E-state index in [4.69, 9.17) is 0 Å². The summed E-state index contributed by atoms with van der Waals surface area (Å²) in [6.07, 6.45) is 1.78. The third kappa shape index (κ3) is 3.25. The maximum atomic E-state index is 10.5. The molecule has 0 aliphatic carbocycles. The van der Waals surface area contributed by atoms with Crippen molar-refractivity contribution >= 4 is 15.9 Å². The molecule has 3 nitrogen and oxygen atoms in total. The minimum Gasteiger partial charge on any atom is -0.386 e. The van der Waals surface area contributed by atoms with Gasteiger partial charge < -0.3 is 5.11 Å². The van der Waals surface area contributed by atoms with E-state index < -0.39 is 6.10 Å². The summed E-state index contributed by atoms with van der Waals surface area (Å²) in [6, 6.07) is 8.48. The summed E-state index contributed by atoms with van der Waals surface area (Å²) >= 11 is 3.47. The van der Waals surface area contributed by atoms with Gasteiger partial charge in [-0.25, -0.2) is 0 Å². The molecule has 0 fully saturated rings. The van der Waals surface area contributed by atoms with Crippen LogP contribution in [-0.2, 0) is 6.42 Å². The van der Waals surface area contributed by atoms with Gasteiger partial charge in [-0.05, 0) is 42.3 Å². The summed E-state index contributed by atoms with van der Waals surface area (Å²) in [4.78, 5) is 0. The number of benzene rings is 1. The third-order valence-electron chi connectivity index (χ3n) is 3.14. The van der Waals surface area contributed by atoms with Crippen LogP contribution in [0.5, 0.6) is 0 Å². The fourth-order valence-electron chi connectivity index (χ4n) is 2.12. The van der Waals surface area contributed by atoms with Crippen LogP contribution in [0.15, 0.2) is 34.9 Å². The lowest BCUT2D eigenvalue weighted by molar-refractivity contribution is 0.164. The zero-order valence-electron chi connectivity index (χ0n) is 11.5. The summed E-state index contributed by atoms with van der Waals surface area (Å²) in [5.74, 6) is 0. The number of hydrogen-bond donors (Lipinski definition) is 1. The Labute approximate surface area is 122 Å². The molecule has 0 radical (unpaired) electrons. The first-order chi connectivity index (χ1) is 8.99. The van der Waals surface area contributed by atoms with Crippen LogP contribution in [-0.4, -0.2) is 14.9 Å². The van der Waals surface area contributed by atoms with Crippen molar-refractivity contribution in [3.63, 3.8) is 0 Å². The van der Waals surface area contributed by atoms with Crippen molar-refractivity contribution in [1.82, 2.24) is 9.78 Å². The lowest BCUT2D eigenvalue weighted by Crippen LogP contribution is -2.13. The van der Waals surface area contributed by atoms with Crippen molar-refractivity contribution in [2.24, 2.45) is 0 Å². The van der Waals surface area contributed by atoms with Gasteiger partial charge in [-0.2, -0.15) is 5.10 Å². The van der Waals surface area contributed by atoms with E-state index in [2.05, 4.69) is 66.1 Å². The molecule has 102 valence electrons. The van der Waals surface area contributed by atoms with Gasteiger partial charge in [-0.3, -0.25) is 4.68 Å². The smallest absolute Gasteiger partial charge is 0.101 e. The van der Waals surface area contributed by atoms with E-state index in [0.717, 1.165) is 15.7 Å². The Kier molecular flexibility index (Phi) is 4.42. The molecular weight excluding hydrogens is 304 g/mol. The van der Waals surface area contributed by atoms with E-state index in [-0.39, 0.29) is 6.04 Å². The highest BCUT2D eigenvalue weighted by Crippen LogP contribution is 2.28. The summed E-state index contributed by atoms with van der Waals surface area (Å²) < 4.78 is 2.73. The maximum Gasteiger partial charge on any atom is 0.101 e. The molecule has 0 amide bonds. The second kappa shape index (κ2) is 5.88.